The van der Waals surface area contributed by atoms with Gasteiger partial charge in [0.2, 0.25) is 5.95 Å². The number of hydrazine groups is 1. The minimum atomic E-state index is -0.200. The number of nitrogens with zero attached hydrogens (tertiary/aromatic N) is 4. The van der Waals surface area contributed by atoms with Gasteiger partial charge in [-0.1, -0.05) is 0 Å². The average molecular weight is 250 g/mol. The Morgan fingerprint density at radius 3 is 2.50 bits per heavy atom. The molecule has 0 spiro atoms. The normalized spacial score (nSPS) is 18.4. The third-order valence-electron chi connectivity index (χ3n) is 3.22. The number of piperazine rings is 1. The van der Waals surface area contributed by atoms with Crippen LogP contribution in [0.15, 0.2) is 18.5 Å². The summed E-state index contributed by atoms with van der Waals surface area (Å²) in [6, 6.07) is 1.60. The van der Waals surface area contributed by atoms with Crippen molar-refractivity contribution >= 4 is 11.9 Å². The summed E-state index contributed by atoms with van der Waals surface area (Å²) in [4.78, 5) is 24.1. The van der Waals surface area contributed by atoms with E-state index < -0.39 is 0 Å². The smallest absolute Gasteiger partial charge is 0.250 e. The lowest BCUT2D eigenvalue weighted by Crippen LogP contribution is -2.55. The summed E-state index contributed by atoms with van der Waals surface area (Å²) in [6.07, 6.45) is 3.47. The van der Waals surface area contributed by atoms with E-state index in [1.807, 2.05) is 6.92 Å². The Bertz CT molecular complexity index is 390. The molecule has 0 radical (unpaired) electrons. The second kappa shape index (κ2) is 5.74. The highest BCUT2D eigenvalue weighted by atomic mass is 16.2. The third kappa shape index (κ3) is 2.74. The lowest BCUT2D eigenvalue weighted by atomic mass is 10.2. The maximum Gasteiger partial charge on any atom is 0.250 e. The quantitative estimate of drug-likeness (QED) is 0.405. The first kappa shape index (κ1) is 12.7. The molecule has 1 aliphatic heterocycles. The number of amides is 1. The van der Waals surface area contributed by atoms with Gasteiger partial charge in [0, 0.05) is 38.6 Å². The minimum Gasteiger partial charge on any atom is -0.338 e. The number of aromatic nitrogens is 2. The van der Waals surface area contributed by atoms with Crippen LogP contribution >= 0.6 is 0 Å². The van der Waals surface area contributed by atoms with Gasteiger partial charge in [-0.3, -0.25) is 15.1 Å². The summed E-state index contributed by atoms with van der Waals surface area (Å²) in [5.74, 6) is 5.73. The SMILES string of the molecule is CC(C(=O)NN)N1CCN(c2ncccn2)CC1. The summed E-state index contributed by atoms with van der Waals surface area (Å²) in [5, 5.41) is 0. The Morgan fingerprint density at radius 1 is 1.33 bits per heavy atom. The van der Waals surface area contributed by atoms with Gasteiger partial charge in [0.15, 0.2) is 0 Å². The standard InChI is InChI=1S/C11H18N6O/c1-9(10(18)15-12)16-5-7-17(8-6-16)11-13-3-2-4-14-11/h2-4,9H,5-8,12H2,1H3,(H,15,18). The number of hydrogen-bond acceptors (Lipinski definition) is 6. The summed E-state index contributed by atoms with van der Waals surface area (Å²) in [5.41, 5.74) is 2.19. The van der Waals surface area contributed by atoms with Crippen LogP contribution in [0.2, 0.25) is 0 Å². The lowest BCUT2D eigenvalue weighted by Gasteiger charge is -2.37. The van der Waals surface area contributed by atoms with Crippen molar-refractivity contribution in [2.24, 2.45) is 5.84 Å². The van der Waals surface area contributed by atoms with Gasteiger partial charge >= 0.3 is 0 Å². The molecule has 7 heteroatoms. The van der Waals surface area contributed by atoms with Crippen LogP contribution in [0.4, 0.5) is 5.95 Å². The molecule has 0 saturated carbocycles. The second-order valence-electron chi connectivity index (χ2n) is 4.26. The molecule has 1 aromatic heterocycles. The maximum atomic E-state index is 11.4. The molecule has 2 heterocycles. The van der Waals surface area contributed by atoms with Gasteiger partial charge in [-0.05, 0) is 13.0 Å². The fraction of sp³-hybridized carbons (Fsp3) is 0.545. The molecule has 1 atom stereocenters. The largest absolute Gasteiger partial charge is 0.338 e. The summed E-state index contributed by atoms with van der Waals surface area (Å²) < 4.78 is 0. The van der Waals surface area contributed by atoms with E-state index in [1.165, 1.54) is 0 Å². The van der Waals surface area contributed by atoms with Crippen LogP contribution in [-0.4, -0.2) is 53.0 Å². The van der Waals surface area contributed by atoms with E-state index in [1.54, 1.807) is 18.5 Å². The first-order valence-electron chi connectivity index (χ1n) is 5.99. The molecule has 0 aliphatic carbocycles. The van der Waals surface area contributed by atoms with Crippen molar-refractivity contribution in [2.45, 2.75) is 13.0 Å². The van der Waals surface area contributed by atoms with Gasteiger partial charge in [-0.2, -0.15) is 0 Å². The Balaban J connectivity index is 1.90. The van der Waals surface area contributed by atoms with Crippen LogP contribution in [-0.2, 0) is 4.79 Å². The molecule has 1 aliphatic rings. The van der Waals surface area contributed by atoms with Gasteiger partial charge in [-0.15, -0.1) is 0 Å². The van der Waals surface area contributed by atoms with Crippen LogP contribution < -0.4 is 16.2 Å². The first-order chi connectivity index (χ1) is 8.72. The number of rotatable bonds is 3. The van der Waals surface area contributed by atoms with Gasteiger partial charge in [0.05, 0.1) is 6.04 Å². The third-order valence-corrected chi connectivity index (χ3v) is 3.22. The van der Waals surface area contributed by atoms with Crippen molar-refractivity contribution in [3.8, 4) is 0 Å². The fourth-order valence-corrected chi connectivity index (χ4v) is 2.05. The molecule has 2 rings (SSSR count). The molecule has 1 aromatic rings. The van der Waals surface area contributed by atoms with E-state index in [4.69, 9.17) is 5.84 Å². The van der Waals surface area contributed by atoms with Gasteiger partial charge in [-0.25, -0.2) is 15.8 Å². The molecule has 1 saturated heterocycles. The number of carbonyl (C=O) groups excluding carboxylic acids is 1. The number of nitrogens with one attached hydrogen (secondary N) is 1. The zero-order chi connectivity index (χ0) is 13.0. The lowest BCUT2D eigenvalue weighted by molar-refractivity contribution is -0.126. The van der Waals surface area contributed by atoms with Crippen molar-refractivity contribution in [1.29, 1.82) is 0 Å². The van der Waals surface area contributed by atoms with Crippen LogP contribution in [0.5, 0.6) is 0 Å². The average Bonchev–Trinajstić information content (AvgIpc) is 2.47. The summed E-state index contributed by atoms with van der Waals surface area (Å²) in [6.45, 7) is 5.08. The highest BCUT2D eigenvalue weighted by Gasteiger charge is 2.25. The van der Waals surface area contributed by atoms with Crippen LogP contribution in [0.1, 0.15) is 6.92 Å². The van der Waals surface area contributed by atoms with Gasteiger partial charge in [0.25, 0.3) is 5.91 Å². The molecular weight excluding hydrogens is 232 g/mol. The zero-order valence-electron chi connectivity index (χ0n) is 10.4. The predicted octanol–water partition coefficient (Wildman–Crippen LogP) is -1.02. The molecule has 1 unspecified atom stereocenters. The fourth-order valence-electron chi connectivity index (χ4n) is 2.05. The van der Waals surface area contributed by atoms with E-state index in [0.717, 1.165) is 32.1 Å². The van der Waals surface area contributed by atoms with Crippen LogP contribution in [0.3, 0.4) is 0 Å². The van der Waals surface area contributed by atoms with E-state index in [-0.39, 0.29) is 11.9 Å². The highest BCUT2D eigenvalue weighted by Crippen LogP contribution is 2.11. The van der Waals surface area contributed by atoms with E-state index in [9.17, 15) is 4.79 Å². The number of nitrogens with two attached hydrogens (primary N) is 1. The van der Waals surface area contributed by atoms with E-state index in [2.05, 4.69) is 25.2 Å². The van der Waals surface area contributed by atoms with Gasteiger partial charge in [0.1, 0.15) is 0 Å². The minimum absolute atomic E-state index is 0.153. The molecule has 0 aromatic carbocycles. The molecule has 1 fully saturated rings. The summed E-state index contributed by atoms with van der Waals surface area (Å²) in [7, 11) is 0. The Hall–Kier alpha value is -1.73. The van der Waals surface area contributed by atoms with E-state index in [0.29, 0.717) is 0 Å². The van der Waals surface area contributed by atoms with Crippen molar-refractivity contribution in [3.05, 3.63) is 18.5 Å². The number of anilines is 1. The van der Waals surface area contributed by atoms with Gasteiger partial charge < -0.3 is 4.90 Å². The van der Waals surface area contributed by atoms with Crippen molar-refractivity contribution in [2.75, 3.05) is 31.1 Å². The van der Waals surface area contributed by atoms with Crippen LogP contribution in [0, 0.1) is 0 Å². The molecule has 98 valence electrons. The first-order valence-corrected chi connectivity index (χ1v) is 5.99. The van der Waals surface area contributed by atoms with Crippen molar-refractivity contribution < 1.29 is 4.79 Å². The molecular formula is C11H18N6O. The van der Waals surface area contributed by atoms with Crippen LogP contribution in [0.25, 0.3) is 0 Å². The van der Waals surface area contributed by atoms with Crippen molar-refractivity contribution in [1.82, 2.24) is 20.3 Å². The maximum absolute atomic E-state index is 11.4. The molecule has 1 amide bonds. The molecule has 0 bridgehead atoms. The van der Waals surface area contributed by atoms with E-state index >= 15 is 0 Å². The Kier molecular flexibility index (Phi) is 4.06. The Labute approximate surface area is 106 Å². The summed E-state index contributed by atoms with van der Waals surface area (Å²) >= 11 is 0. The zero-order valence-corrected chi connectivity index (χ0v) is 10.4. The number of hydrogen-bond donors (Lipinski definition) is 2. The molecule has 3 N–H and O–H groups in total. The number of carbonyl (C=O) groups is 1. The predicted molar refractivity (Wildman–Crippen MR) is 67.6 cm³/mol. The molecule has 18 heavy (non-hydrogen) atoms. The monoisotopic (exact) mass is 250 g/mol. The van der Waals surface area contributed by atoms with Crippen molar-refractivity contribution in [3.63, 3.8) is 0 Å². The second-order valence-corrected chi connectivity index (χ2v) is 4.26. The highest BCUT2D eigenvalue weighted by molar-refractivity contribution is 5.80. The Morgan fingerprint density at radius 2 is 1.94 bits per heavy atom. The topological polar surface area (TPSA) is 87.4 Å². The molecule has 7 nitrogen and oxygen atoms in total.